The highest BCUT2D eigenvalue weighted by Gasteiger charge is 2.20. The second kappa shape index (κ2) is 9.14. The lowest BCUT2D eigenvalue weighted by atomic mass is 10.0. The number of nitrogens with zero attached hydrogens (tertiary/aromatic N) is 1. The van der Waals surface area contributed by atoms with Gasteiger partial charge in [0.2, 0.25) is 0 Å². The Morgan fingerprint density at radius 1 is 1.00 bits per heavy atom. The Hall–Kier alpha value is -3.11. The van der Waals surface area contributed by atoms with Gasteiger partial charge in [-0.1, -0.05) is 49.7 Å². The standard InChI is InChI=1S/C23H17ClFNO2.C2H6/c1-14-22(18-5-3-4-6-20(18)24)19-12-7-15(23(27)28-2)13-21(19)26(14)17-10-8-16(25)9-11-17;1-2/h3-13H,1-2H3;1-2H3. The molecule has 0 spiro atoms. The van der Waals surface area contributed by atoms with Crippen molar-refractivity contribution in [2.24, 2.45) is 0 Å². The summed E-state index contributed by atoms with van der Waals surface area (Å²) in [5, 5.41) is 1.59. The third-order valence-corrected chi connectivity index (χ3v) is 5.18. The number of aromatic nitrogens is 1. The largest absolute Gasteiger partial charge is 0.465 e. The van der Waals surface area contributed by atoms with Crippen LogP contribution in [0.3, 0.4) is 0 Å². The zero-order chi connectivity index (χ0) is 21.8. The fourth-order valence-electron chi connectivity index (χ4n) is 3.59. The zero-order valence-electron chi connectivity index (χ0n) is 17.4. The van der Waals surface area contributed by atoms with Gasteiger partial charge in [-0.25, -0.2) is 9.18 Å². The fraction of sp³-hybridized carbons (Fsp3) is 0.160. The first-order valence-corrected chi connectivity index (χ1v) is 10.1. The van der Waals surface area contributed by atoms with Gasteiger partial charge in [0.1, 0.15) is 5.82 Å². The van der Waals surface area contributed by atoms with Crippen LogP contribution < -0.4 is 0 Å². The fourth-order valence-corrected chi connectivity index (χ4v) is 3.82. The van der Waals surface area contributed by atoms with Gasteiger partial charge in [-0.2, -0.15) is 0 Å². The summed E-state index contributed by atoms with van der Waals surface area (Å²) in [6.45, 7) is 5.99. The molecule has 0 unspecified atom stereocenters. The minimum absolute atomic E-state index is 0.306. The van der Waals surface area contributed by atoms with Crippen molar-refractivity contribution in [2.45, 2.75) is 20.8 Å². The number of hydrogen-bond acceptors (Lipinski definition) is 2. The summed E-state index contributed by atoms with van der Waals surface area (Å²) < 4.78 is 20.3. The lowest BCUT2D eigenvalue weighted by Gasteiger charge is -2.10. The number of rotatable bonds is 3. The van der Waals surface area contributed by atoms with Gasteiger partial charge in [-0.05, 0) is 49.4 Å². The van der Waals surface area contributed by atoms with Gasteiger partial charge in [0, 0.05) is 32.9 Å². The van der Waals surface area contributed by atoms with Crippen molar-refractivity contribution in [3.63, 3.8) is 0 Å². The van der Waals surface area contributed by atoms with Gasteiger partial charge in [0.25, 0.3) is 0 Å². The molecule has 0 saturated carbocycles. The number of carbonyl (C=O) groups is 1. The third kappa shape index (κ3) is 3.83. The highest BCUT2D eigenvalue weighted by molar-refractivity contribution is 6.33. The number of fused-ring (bicyclic) bond motifs is 1. The van der Waals surface area contributed by atoms with Crippen molar-refractivity contribution in [1.29, 1.82) is 0 Å². The van der Waals surface area contributed by atoms with E-state index in [1.165, 1.54) is 19.2 Å². The van der Waals surface area contributed by atoms with Crippen LogP contribution in [0.2, 0.25) is 5.02 Å². The molecule has 5 heteroatoms. The molecule has 0 aliphatic rings. The molecule has 4 rings (SSSR count). The van der Waals surface area contributed by atoms with E-state index in [1.54, 1.807) is 24.3 Å². The van der Waals surface area contributed by atoms with Crippen molar-refractivity contribution < 1.29 is 13.9 Å². The smallest absolute Gasteiger partial charge is 0.337 e. The van der Waals surface area contributed by atoms with Gasteiger partial charge in [-0.15, -0.1) is 0 Å². The Morgan fingerprint density at radius 2 is 1.67 bits per heavy atom. The minimum atomic E-state index is -0.411. The van der Waals surface area contributed by atoms with Crippen LogP contribution in [0.4, 0.5) is 4.39 Å². The lowest BCUT2D eigenvalue weighted by molar-refractivity contribution is 0.0601. The molecule has 3 aromatic carbocycles. The number of methoxy groups -OCH3 is 1. The Bertz CT molecular complexity index is 1200. The van der Waals surface area contributed by atoms with E-state index in [0.29, 0.717) is 10.6 Å². The summed E-state index contributed by atoms with van der Waals surface area (Å²) in [7, 11) is 1.35. The van der Waals surface area contributed by atoms with Crippen LogP contribution in [0.15, 0.2) is 66.7 Å². The normalized spacial score (nSPS) is 10.5. The number of esters is 1. The molecular weight excluding hydrogens is 401 g/mol. The molecule has 0 bridgehead atoms. The average molecular weight is 424 g/mol. The maximum Gasteiger partial charge on any atom is 0.337 e. The van der Waals surface area contributed by atoms with E-state index >= 15 is 0 Å². The first-order valence-electron chi connectivity index (χ1n) is 9.75. The van der Waals surface area contributed by atoms with Crippen molar-refractivity contribution >= 4 is 28.5 Å². The molecule has 1 heterocycles. The van der Waals surface area contributed by atoms with Gasteiger partial charge in [-0.3, -0.25) is 0 Å². The van der Waals surface area contributed by atoms with Crippen molar-refractivity contribution in [3.05, 3.63) is 88.8 Å². The van der Waals surface area contributed by atoms with E-state index in [2.05, 4.69) is 0 Å². The van der Waals surface area contributed by atoms with Crippen LogP contribution in [-0.2, 0) is 4.74 Å². The van der Waals surface area contributed by atoms with Crippen LogP contribution in [0.5, 0.6) is 0 Å². The van der Waals surface area contributed by atoms with Gasteiger partial charge >= 0.3 is 5.97 Å². The van der Waals surface area contributed by atoms with Gasteiger partial charge < -0.3 is 9.30 Å². The molecule has 0 aliphatic heterocycles. The highest BCUT2D eigenvalue weighted by atomic mass is 35.5. The number of ether oxygens (including phenoxy) is 1. The van der Waals surface area contributed by atoms with Gasteiger partial charge in [0.05, 0.1) is 18.2 Å². The summed E-state index contributed by atoms with van der Waals surface area (Å²) in [5.41, 5.74) is 4.88. The molecule has 0 fully saturated rings. The lowest BCUT2D eigenvalue weighted by Crippen LogP contribution is -2.02. The van der Waals surface area contributed by atoms with Crippen molar-refractivity contribution in [3.8, 4) is 16.8 Å². The molecule has 0 N–H and O–H groups in total. The highest BCUT2D eigenvalue weighted by Crippen LogP contribution is 2.40. The Balaban J connectivity index is 0.00000124. The predicted molar refractivity (Wildman–Crippen MR) is 121 cm³/mol. The summed E-state index contributed by atoms with van der Waals surface area (Å²) >= 11 is 6.48. The molecule has 3 nitrogen and oxygen atoms in total. The molecule has 154 valence electrons. The quantitative estimate of drug-likeness (QED) is 0.326. The second-order valence-corrected chi connectivity index (χ2v) is 6.88. The third-order valence-electron chi connectivity index (χ3n) is 4.85. The summed E-state index contributed by atoms with van der Waals surface area (Å²) in [6.07, 6.45) is 0. The summed E-state index contributed by atoms with van der Waals surface area (Å²) in [6, 6.07) is 19.3. The molecular formula is C25H23ClFNO2. The maximum absolute atomic E-state index is 13.5. The zero-order valence-corrected chi connectivity index (χ0v) is 18.1. The molecule has 1 aromatic heterocycles. The average Bonchev–Trinajstić information content (AvgIpc) is 3.06. The van der Waals surface area contributed by atoms with E-state index in [9.17, 15) is 9.18 Å². The van der Waals surface area contributed by atoms with Crippen LogP contribution >= 0.6 is 11.6 Å². The SMILES string of the molecule is CC.COC(=O)c1ccc2c(-c3ccccc3Cl)c(C)n(-c3ccc(F)cc3)c2c1. The number of carbonyl (C=O) groups excluding carboxylic acids is 1. The molecule has 0 saturated heterocycles. The number of benzene rings is 3. The van der Waals surface area contributed by atoms with Crippen LogP contribution in [0.1, 0.15) is 29.9 Å². The van der Waals surface area contributed by atoms with Crippen molar-refractivity contribution in [2.75, 3.05) is 7.11 Å². The summed E-state index contributed by atoms with van der Waals surface area (Å²) in [4.78, 5) is 12.1. The predicted octanol–water partition coefficient (Wildman–Crippen LogP) is 7.21. The molecule has 0 radical (unpaired) electrons. The number of halogens is 2. The van der Waals surface area contributed by atoms with E-state index < -0.39 is 5.97 Å². The van der Waals surface area contributed by atoms with E-state index in [-0.39, 0.29) is 5.82 Å². The monoisotopic (exact) mass is 423 g/mol. The van der Waals surface area contributed by atoms with Gasteiger partial charge in [0.15, 0.2) is 0 Å². The van der Waals surface area contributed by atoms with Crippen LogP contribution in [-0.4, -0.2) is 17.6 Å². The topological polar surface area (TPSA) is 31.2 Å². The number of hydrogen-bond donors (Lipinski definition) is 0. The van der Waals surface area contributed by atoms with E-state index in [0.717, 1.165) is 33.4 Å². The second-order valence-electron chi connectivity index (χ2n) is 6.48. The molecule has 4 aromatic rings. The molecule has 30 heavy (non-hydrogen) atoms. The molecule has 0 atom stereocenters. The molecule has 0 aliphatic carbocycles. The summed E-state index contributed by atoms with van der Waals surface area (Å²) in [5.74, 6) is -0.717. The van der Waals surface area contributed by atoms with Crippen LogP contribution in [0, 0.1) is 12.7 Å². The van der Waals surface area contributed by atoms with E-state index in [1.807, 2.05) is 55.7 Å². The van der Waals surface area contributed by atoms with E-state index in [4.69, 9.17) is 16.3 Å². The Morgan fingerprint density at radius 3 is 2.30 bits per heavy atom. The minimum Gasteiger partial charge on any atom is -0.465 e. The first kappa shape index (κ1) is 21.6. The Labute approximate surface area is 180 Å². The molecule has 0 amide bonds. The van der Waals surface area contributed by atoms with Crippen LogP contribution in [0.25, 0.3) is 27.7 Å². The van der Waals surface area contributed by atoms with Crippen molar-refractivity contribution in [1.82, 2.24) is 4.57 Å². The maximum atomic E-state index is 13.5. The Kier molecular flexibility index (Phi) is 6.58. The first-order chi connectivity index (χ1) is 14.5.